The molecule has 0 aliphatic carbocycles. The average Bonchev–Trinajstić information content (AvgIpc) is 2.63. The van der Waals surface area contributed by atoms with Gasteiger partial charge in [-0.1, -0.05) is 17.7 Å². The summed E-state index contributed by atoms with van der Waals surface area (Å²) in [6.07, 6.45) is 0. The number of aryl methyl sites for hydroxylation is 3. The van der Waals surface area contributed by atoms with E-state index in [2.05, 4.69) is 64.0 Å². The van der Waals surface area contributed by atoms with E-state index >= 15 is 0 Å². The number of benzene rings is 1. The van der Waals surface area contributed by atoms with E-state index in [1.165, 1.54) is 16.9 Å². The van der Waals surface area contributed by atoms with E-state index in [0.29, 0.717) is 0 Å². The second-order valence-electron chi connectivity index (χ2n) is 4.82. The summed E-state index contributed by atoms with van der Waals surface area (Å²) in [7, 11) is 2.00. The zero-order valence-electron chi connectivity index (χ0n) is 11.9. The molecule has 1 heterocycles. The van der Waals surface area contributed by atoms with Crippen LogP contribution >= 0.6 is 15.9 Å². The zero-order valence-corrected chi connectivity index (χ0v) is 13.5. The Kier molecular flexibility index (Phi) is 4.30. The summed E-state index contributed by atoms with van der Waals surface area (Å²) in [5.74, 6) is 0. The van der Waals surface area contributed by atoms with Gasteiger partial charge in [-0.3, -0.25) is 4.68 Å². The van der Waals surface area contributed by atoms with Crippen molar-refractivity contribution in [3.05, 3.63) is 45.7 Å². The van der Waals surface area contributed by atoms with Crippen LogP contribution in [-0.2, 0) is 13.6 Å². The lowest BCUT2D eigenvalue weighted by Gasteiger charge is -2.23. The fraction of sp³-hybridized carbons (Fsp3) is 0.400. The smallest absolute Gasteiger partial charge is 0.0739 e. The van der Waals surface area contributed by atoms with Gasteiger partial charge in [-0.15, -0.1) is 0 Å². The van der Waals surface area contributed by atoms with Crippen LogP contribution in [0.3, 0.4) is 0 Å². The molecule has 0 saturated carbocycles. The Morgan fingerprint density at radius 1 is 1.21 bits per heavy atom. The molecule has 0 N–H and O–H groups in total. The van der Waals surface area contributed by atoms with Gasteiger partial charge in [0.05, 0.1) is 22.4 Å². The highest BCUT2D eigenvalue weighted by molar-refractivity contribution is 9.10. The van der Waals surface area contributed by atoms with E-state index in [0.717, 1.165) is 23.3 Å². The van der Waals surface area contributed by atoms with E-state index in [4.69, 9.17) is 0 Å². The van der Waals surface area contributed by atoms with Crippen molar-refractivity contribution >= 4 is 21.6 Å². The molecule has 0 atom stereocenters. The first-order chi connectivity index (χ1) is 9.02. The molecule has 0 spiro atoms. The number of nitrogens with zero attached hydrogens (tertiary/aromatic N) is 3. The van der Waals surface area contributed by atoms with Crippen LogP contribution < -0.4 is 4.90 Å². The van der Waals surface area contributed by atoms with Gasteiger partial charge >= 0.3 is 0 Å². The molecule has 2 aromatic rings. The predicted molar refractivity (Wildman–Crippen MR) is 83.5 cm³/mol. The fourth-order valence-electron chi connectivity index (χ4n) is 2.17. The first-order valence-corrected chi connectivity index (χ1v) is 7.31. The van der Waals surface area contributed by atoms with Crippen LogP contribution in [0, 0.1) is 13.8 Å². The molecule has 0 amide bonds. The van der Waals surface area contributed by atoms with Crippen molar-refractivity contribution < 1.29 is 0 Å². The Morgan fingerprint density at radius 3 is 2.32 bits per heavy atom. The van der Waals surface area contributed by atoms with Crippen LogP contribution in [0.4, 0.5) is 5.69 Å². The molecule has 3 nitrogen and oxygen atoms in total. The quantitative estimate of drug-likeness (QED) is 0.853. The third-order valence-electron chi connectivity index (χ3n) is 3.38. The van der Waals surface area contributed by atoms with Crippen LogP contribution in [-0.4, -0.2) is 16.3 Å². The van der Waals surface area contributed by atoms with Crippen molar-refractivity contribution in [1.29, 1.82) is 0 Å². The van der Waals surface area contributed by atoms with Crippen molar-refractivity contribution in [2.24, 2.45) is 7.05 Å². The highest BCUT2D eigenvalue weighted by Gasteiger charge is 2.14. The third kappa shape index (κ3) is 3.00. The van der Waals surface area contributed by atoms with E-state index in [-0.39, 0.29) is 0 Å². The van der Waals surface area contributed by atoms with Crippen molar-refractivity contribution in [3.8, 4) is 0 Å². The zero-order chi connectivity index (χ0) is 14.0. The van der Waals surface area contributed by atoms with E-state index in [1.807, 2.05) is 18.7 Å². The molecule has 2 rings (SSSR count). The molecule has 0 aliphatic rings. The van der Waals surface area contributed by atoms with Gasteiger partial charge < -0.3 is 4.90 Å². The Labute approximate surface area is 123 Å². The normalized spacial score (nSPS) is 10.8. The van der Waals surface area contributed by atoms with Crippen molar-refractivity contribution in [3.63, 3.8) is 0 Å². The lowest BCUT2D eigenvalue weighted by Crippen LogP contribution is -2.23. The van der Waals surface area contributed by atoms with Gasteiger partial charge in [0.1, 0.15) is 0 Å². The van der Waals surface area contributed by atoms with Gasteiger partial charge in [-0.25, -0.2) is 0 Å². The number of hydrogen-bond donors (Lipinski definition) is 0. The first-order valence-electron chi connectivity index (χ1n) is 6.52. The molecular weight excluding hydrogens is 302 g/mol. The van der Waals surface area contributed by atoms with Gasteiger partial charge in [-0.05, 0) is 48.8 Å². The maximum Gasteiger partial charge on any atom is 0.0739 e. The van der Waals surface area contributed by atoms with Crippen molar-refractivity contribution in [2.75, 3.05) is 11.4 Å². The summed E-state index contributed by atoms with van der Waals surface area (Å²) < 4.78 is 3.07. The Bertz CT molecular complexity index is 558. The Hall–Kier alpha value is -1.29. The second-order valence-corrected chi connectivity index (χ2v) is 5.61. The fourth-order valence-corrected chi connectivity index (χ4v) is 2.64. The second kappa shape index (κ2) is 5.78. The molecule has 102 valence electrons. The minimum atomic E-state index is 0.859. The molecule has 19 heavy (non-hydrogen) atoms. The summed E-state index contributed by atoms with van der Waals surface area (Å²) in [5, 5.41) is 4.45. The number of halogens is 1. The molecule has 0 aliphatic heterocycles. The maximum atomic E-state index is 4.45. The molecule has 0 bridgehead atoms. The first kappa shape index (κ1) is 14.1. The monoisotopic (exact) mass is 321 g/mol. The standard InChI is InChI=1S/C15H20BrN3/c1-5-19(13-8-6-11(2)7-9-13)10-14-15(16)12(3)17-18(14)4/h6-9H,5,10H2,1-4H3. The van der Waals surface area contributed by atoms with Gasteiger partial charge in [0, 0.05) is 19.3 Å². The predicted octanol–water partition coefficient (Wildman–Crippen LogP) is 3.83. The summed E-state index contributed by atoms with van der Waals surface area (Å²) >= 11 is 3.63. The number of anilines is 1. The minimum Gasteiger partial charge on any atom is -0.366 e. The van der Waals surface area contributed by atoms with Crippen LogP contribution in [0.1, 0.15) is 23.9 Å². The minimum absolute atomic E-state index is 0.859. The summed E-state index contributed by atoms with van der Waals surface area (Å²) in [6.45, 7) is 8.14. The van der Waals surface area contributed by atoms with Crippen LogP contribution in [0.2, 0.25) is 0 Å². The molecule has 4 heteroatoms. The van der Waals surface area contributed by atoms with Gasteiger partial charge in [0.2, 0.25) is 0 Å². The van der Waals surface area contributed by atoms with E-state index in [9.17, 15) is 0 Å². The average molecular weight is 322 g/mol. The van der Waals surface area contributed by atoms with E-state index < -0.39 is 0 Å². The van der Waals surface area contributed by atoms with E-state index in [1.54, 1.807) is 0 Å². The van der Waals surface area contributed by atoms with Gasteiger partial charge in [0.15, 0.2) is 0 Å². The van der Waals surface area contributed by atoms with Crippen LogP contribution in [0.15, 0.2) is 28.7 Å². The Balaban J connectivity index is 2.26. The van der Waals surface area contributed by atoms with Gasteiger partial charge in [-0.2, -0.15) is 5.10 Å². The number of aromatic nitrogens is 2. The van der Waals surface area contributed by atoms with Gasteiger partial charge in [0.25, 0.3) is 0 Å². The van der Waals surface area contributed by atoms with Crippen LogP contribution in [0.5, 0.6) is 0 Å². The SMILES string of the molecule is CCN(Cc1c(Br)c(C)nn1C)c1ccc(C)cc1. The lowest BCUT2D eigenvalue weighted by atomic mass is 10.2. The summed E-state index contributed by atoms with van der Waals surface area (Å²) in [4.78, 5) is 2.35. The third-order valence-corrected chi connectivity index (χ3v) is 4.41. The highest BCUT2D eigenvalue weighted by atomic mass is 79.9. The topological polar surface area (TPSA) is 21.1 Å². The highest BCUT2D eigenvalue weighted by Crippen LogP contribution is 2.24. The largest absolute Gasteiger partial charge is 0.366 e. The summed E-state index contributed by atoms with van der Waals surface area (Å²) in [5.41, 5.74) is 4.79. The van der Waals surface area contributed by atoms with Crippen LogP contribution in [0.25, 0.3) is 0 Å². The molecular formula is C15H20BrN3. The molecule has 1 aromatic carbocycles. The number of rotatable bonds is 4. The maximum absolute atomic E-state index is 4.45. The molecule has 0 radical (unpaired) electrons. The molecule has 0 fully saturated rings. The van der Waals surface area contributed by atoms with Crippen molar-refractivity contribution in [1.82, 2.24) is 9.78 Å². The Morgan fingerprint density at radius 2 is 1.84 bits per heavy atom. The lowest BCUT2D eigenvalue weighted by molar-refractivity contribution is 0.680. The molecule has 1 aromatic heterocycles. The number of hydrogen-bond acceptors (Lipinski definition) is 2. The summed E-state index contributed by atoms with van der Waals surface area (Å²) in [6, 6.07) is 8.66. The molecule has 0 unspecified atom stereocenters. The van der Waals surface area contributed by atoms with Crippen molar-refractivity contribution in [2.45, 2.75) is 27.3 Å². The molecule has 0 saturated heterocycles.